The molecule has 0 radical (unpaired) electrons. The molecular weight excluding hydrogens is 348 g/mol. The van der Waals surface area contributed by atoms with E-state index in [-0.39, 0.29) is 22.3 Å². The van der Waals surface area contributed by atoms with Gasteiger partial charge in [0.05, 0.1) is 13.0 Å². The summed E-state index contributed by atoms with van der Waals surface area (Å²) >= 11 is 0. The van der Waals surface area contributed by atoms with Crippen LogP contribution in [0.2, 0.25) is 0 Å². The molecule has 1 amide bonds. The third-order valence-electron chi connectivity index (χ3n) is 4.30. The van der Waals surface area contributed by atoms with Gasteiger partial charge in [-0.1, -0.05) is 0 Å². The van der Waals surface area contributed by atoms with Crippen molar-refractivity contribution in [2.75, 3.05) is 21.2 Å². The number of sulfonamides is 1. The van der Waals surface area contributed by atoms with Crippen LogP contribution in [0.3, 0.4) is 0 Å². The van der Waals surface area contributed by atoms with Gasteiger partial charge in [0.1, 0.15) is 10.6 Å². The zero-order valence-electron chi connectivity index (χ0n) is 14.4. The maximum atomic E-state index is 12.4. The van der Waals surface area contributed by atoms with Crippen molar-refractivity contribution in [3.63, 3.8) is 0 Å². The number of nitrogens with zero attached hydrogens (tertiary/aromatic N) is 1. The Bertz CT molecular complexity index is 775. The van der Waals surface area contributed by atoms with Crippen molar-refractivity contribution >= 4 is 21.9 Å². The number of carbonyl (C=O) groups excluding carboxylic acids is 1. The molecular formula is C16H22N2O6S. The number of amides is 1. The van der Waals surface area contributed by atoms with Gasteiger partial charge >= 0.3 is 5.97 Å². The molecule has 1 aromatic carbocycles. The molecule has 0 saturated heterocycles. The number of hydrogen-bond acceptors (Lipinski definition) is 5. The van der Waals surface area contributed by atoms with E-state index in [0.29, 0.717) is 19.3 Å². The maximum absolute atomic E-state index is 12.4. The highest BCUT2D eigenvalue weighted by Crippen LogP contribution is 2.28. The molecule has 1 aliphatic carbocycles. The van der Waals surface area contributed by atoms with Crippen LogP contribution in [-0.2, 0) is 14.8 Å². The number of carboxylic acid groups (broad SMARTS) is 1. The fourth-order valence-electron chi connectivity index (χ4n) is 2.82. The van der Waals surface area contributed by atoms with Crippen LogP contribution >= 0.6 is 0 Å². The molecule has 1 aromatic rings. The molecule has 2 rings (SSSR count). The number of nitrogens with one attached hydrogen (secondary N) is 1. The van der Waals surface area contributed by atoms with E-state index in [2.05, 4.69) is 5.32 Å². The molecule has 1 saturated carbocycles. The Morgan fingerprint density at radius 3 is 2.48 bits per heavy atom. The van der Waals surface area contributed by atoms with E-state index in [9.17, 15) is 18.0 Å². The van der Waals surface area contributed by atoms with Crippen LogP contribution in [0.15, 0.2) is 23.1 Å². The van der Waals surface area contributed by atoms with Crippen LogP contribution in [0.25, 0.3) is 0 Å². The highest BCUT2D eigenvalue weighted by molar-refractivity contribution is 7.89. The van der Waals surface area contributed by atoms with Crippen LogP contribution < -0.4 is 10.1 Å². The summed E-state index contributed by atoms with van der Waals surface area (Å²) in [7, 11) is 0.373. The first-order valence-electron chi connectivity index (χ1n) is 7.81. The second-order valence-corrected chi connectivity index (χ2v) is 8.29. The predicted octanol–water partition coefficient (Wildman–Crippen LogP) is 0.929. The van der Waals surface area contributed by atoms with Crippen molar-refractivity contribution in [1.82, 2.24) is 9.62 Å². The Kier molecular flexibility index (Phi) is 5.69. The zero-order valence-corrected chi connectivity index (χ0v) is 15.2. The summed E-state index contributed by atoms with van der Waals surface area (Å²) in [6, 6.07) is 3.95. The van der Waals surface area contributed by atoms with Gasteiger partial charge in [-0.2, -0.15) is 0 Å². The molecule has 0 aromatic heterocycles. The molecule has 8 nitrogen and oxygen atoms in total. The molecule has 0 aliphatic heterocycles. The Hall–Kier alpha value is -2.13. The van der Waals surface area contributed by atoms with Crippen LogP contribution in [0.4, 0.5) is 0 Å². The molecule has 0 bridgehead atoms. The van der Waals surface area contributed by atoms with Gasteiger partial charge in [-0.3, -0.25) is 9.59 Å². The molecule has 25 heavy (non-hydrogen) atoms. The van der Waals surface area contributed by atoms with Gasteiger partial charge in [0.25, 0.3) is 5.91 Å². The lowest BCUT2D eigenvalue weighted by atomic mass is 10.1. The first-order valence-corrected chi connectivity index (χ1v) is 9.25. The van der Waals surface area contributed by atoms with Crippen molar-refractivity contribution in [2.45, 2.75) is 30.2 Å². The first kappa shape index (κ1) is 19.2. The van der Waals surface area contributed by atoms with E-state index in [0.717, 1.165) is 4.31 Å². The average molecular weight is 370 g/mol. The maximum Gasteiger partial charge on any atom is 0.306 e. The summed E-state index contributed by atoms with van der Waals surface area (Å²) in [4.78, 5) is 23.3. The molecule has 1 fully saturated rings. The lowest BCUT2D eigenvalue weighted by molar-refractivity contribution is -0.141. The number of ether oxygens (including phenoxy) is 1. The molecule has 0 unspecified atom stereocenters. The second-order valence-electron chi connectivity index (χ2n) is 6.17. The quantitative estimate of drug-likeness (QED) is 0.770. The summed E-state index contributed by atoms with van der Waals surface area (Å²) in [6.45, 7) is 0. The zero-order chi connectivity index (χ0) is 18.8. The molecule has 0 heterocycles. The normalized spacial score (nSPS) is 20.5. The average Bonchev–Trinajstić information content (AvgIpc) is 3.02. The van der Waals surface area contributed by atoms with Gasteiger partial charge in [-0.05, 0) is 37.5 Å². The van der Waals surface area contributed by atoms with Crippen molar-refractivity contribution in [3.05, 3.63) is 23.8 Å². The van der Waals surface area contributed by atoms with Gasteiger partial charge in [0, 0.05) is 25.7 Å². The fourth-order valence-corrected chi connectivity index (χ4v) is 3.90. The van der Waals surface area contributed by atoms with E-state index in [1.165, 1.54) is 39.4 Å². The lowest BCUT2D eigenvalue weighted by Crippen LogP contribution is -2.33. The van der Waals surface area contributed by atoms with Gasteiger partial charge in [-0.15, -0.1) is 0 Å². The third kappa shape index (κ3) is 4.10. The van der Waals surface area contributed by atoms with Crippen LogP contribution in [0.1, 0.15) is 29.6 Å². The molecule has 2 atom stereocenters. The molecule has 0 spiro atoms. The monoisotopic (exact) mass is 370 g/mol. The summed E-state index contributed by atoms with van der Waals surface area (Å²) < 4.78 is 30.9. The highest BCUT2D eigenvalue weighted by Gasteiger charge is 2.31. The molecule has 138 valence electrons. The van der Waals surface area contributed by atoms with E-state index in [1.807, 2.05) is 0 Å². The van der Waals surface area contributed by atoms with Gasteiger partial charge < -0.3 is 15.2 Å². The number of benzene rings is 1. The summed E-state index contributed by atoms with van der Waals surface area (Å²) in [5.41, 5.74) is 0.181. The Labute approximate surface area is 146 Å². The number of hydrogen-bond donors (Lipinski definition) is 2. The van der Waals surface area contributed by atoms with Gasteiger partial charge in [0.2, 0.25) is 10.0 Å². The van der Waals surface area contributed by atoms with Crippen molar-refractivity contribution in [1.29, 1.82) is 0 Å². The largest absolute Gasteiger partial charge is 0.495 e. The van der Waals surface area contributed by atoms with Crippen LogP contribution in [0, 0.1) is 5.92 Å². The van der Waals surface area contributed by atoms with Crippen molar-refractivity contribution < 1.29 is 27.9 Å². The second kappa shape index (κ2) is 7.40. The summed E-state index contributed by atoms with van der Waals surface area (Å²) in [5, 5.41) is 11.8. The third-order valence-corrected chi connectivity index (χ3v) is 6.14. The minimum atomic E-state index is -3.77. The number of aliphatic carboxylic acids is 1. The van der Waals surface area contributed by atoms with E-state index < -0.39 is 27.8 Å². The van der Waals surface area contributed by atoms with Crippen LogP contribution in [-0.4, -0.2) is 57.0 Å². The fraction of sp³-hybridized carbons (Fsp3) is 0.500. The molecule has 1 aliphatic rings. The van der Waals surface area contributed by atoms with Crippen LogP contribution in [0.5, 0.6) is 5.75 Å². The van der Waals surface area contributed by atoms with E-state index >= 15 is 0 Å². The van der Waals surface area contributed by atoms with Gasteiger partial charge in [0.15, 0.2) is 0 Å². The number of carbonyl (C=O) groups is 2. The first-order chi connectivity index (χ1) is 11.7. The Morgan fingerprint density at radius 1 is 1.28 bits per heavy atom. The number of methoxy groups -OCH3 is 1. The Morgan fingerprint density at radius 2 is 1.96 bits per heavy atom. The lowest BCUT2D eigenvalue weighted by Gasteiger charge is -2.16. The SMILES string of the molecule is COc1ccc(C(=O)N[C@@H]2CC[C@H](C(=O)O)C2)cc1S(=O)(=O)N(C)C. The van der Waals surface area contributed by atoms with Gasteiger partial charge in [-0.25, -0.2) is 12.7 Å². The predicted molar refractivity (Wildman–Crippen MR) is 90.1 cm³/mol. The van der Waals surface area contributed by atoms with E-state index in [1.54, 1.807) is 0 Å². The van der Waals surface area contributed by atoms with E-state index in [4.69, 9.17) is 9.84 Å². The minimum absolute atomic E-state index is 0.0949. The Balaban J connectivity index is 2.22. The standard InChI is InChI=1S/C16H22N2O6S/c1-18(2)25(22,23)14-9-10(5-7-13(14)24-3)15(19)17-12-6-4-11(8-12)16(20)21/h5,7,9,11-12H,4,6,8H2,1-3H3,(H,17,19)(H,20,21)/t11-,12+/m0/s1. The molecule has 2 N–H and O–H groups in total. The smallest absolute Gasteiger partial charge is 0.306 e. The minimum Gasteiger partial charge on any atom is -0.495 e. The summed E-state index contributed by atoms with van der Waals surface area (Å²) in [5.74, 6) is -1.60. The molecule has 9 heteroatoms. The highest BCUT2D eigenvalue weighted by atomic mass is 32.2. The summed E-state index contributed by atoms with van der Waals surface area (Å²) in [6.07, 6.45) is 1.48. The number of rotatable bonds is 6. The number of carboxylic acids is 1. The van der Waals surface area contributed by atoms with Crippen molar-refractivity contribution in [2.24, 2.45) is 5.92 Å². The van der Waals surface area contributed by atoms with Crippen molar-refractivity contribution in [3.8, 4) is 5.75 Å². The topological polar surface area (TPSA) is 113 Å².